The van der Waals surface area contributed by atoms with E-state index in [0.717, 1.165) is 32.1 Å². The lowest BCUT2D eigenvalue weighted by Gasteiger charge is -2.35. The molecular weight excluding hydrogens is 452 g/mol. The second-order valence-electron chi connectivity index (χ2n) is 9.78. The van der Waals surface area contributed by atoms with Crippen molar-refractivity contribution in [3.05, 3.63) is 35.9 Å². The summed E-state index contributed by atoms with van der Waals surface area (Å²) in [6.45, 7) is 4.37. The number of aliphatic hydroxyl groups is 1. The van der Waals surface area contributed by atoms with Gasteiger partial charge in [-0.15, -0.1) is 0 Å². The molecule has 10 nitrogen and oxygen atoms in total. The fourth-order valence-corrected chi connectivity index (χ4v) is 4.16. The molecule has 194 valence electrons. The Labute approximate surface area is 206 Å². The van der Waals surface area contributed by atoms with Gasteiger partial charge in [0.05, 0.1) is 13.0 Å². The van der Waals surface area contributed by atoms with E-state index in [-0.39, 0.29) is 18.5 Å². The van der Waals surface area contributed by atoms with Gasteiger partial charge in [-0.3, -0.25) is 14.4 Å². The van der Waals surface area contributed by atoms with Crippen molar-refractivity contribution in [1.82, 2.24) is 15.5 Å². The van der Waals surface area contributed by atoms with Crippen molar-refractivity contribution in [2.45, 2.75) is 83.0 Å². The van der Waals surface area contributed by atoms with Crippen LogP contribution in [0, 0.1) is 0 Å². The van der Waals surface area contributed by atoms with Crippen LogP contribution in [0.25, 0.3) is 0 Å². The monoisotopic (exact) mass is 490 g/mol. The number of alkyl carbamates (subject to hydrolysis) is 1. The second kappa shape index (κ2) is 13.1. The molecule has 1 aromatic carbocycles. The fourth-order valence-electron chi connectivity index (χ4n) is 4.16. The highest BCUT2D eigenvalue weighted by Crippen LogP contribution is 2.25. The van der Waals surface area contributed by atoms with Gasteiger partial charge in [0.2, 0.25) is 17.7 Å². The van der Waals surface area contributed by atoms with E-state index >= 15 is 0 Å². The minimum atomic E-state index is -1.37. The summed E-state index contributed by atoms with van der Waals surface area (Å²) in [6, 6.07) is 6.26. The van der Waals surface area contributed by atoms with Crippen LogP contribution in [-0.4, -0.2) is 64.7 Å². The first-order valence-electron chi connectivity index (χ1n) is 12.1. The van der Waals surface area contributed by atoms with Crippen molar-refractivity contribution in [1.29, 1.82) is 0 Å². The Kier molecular flexibility index (Phi) is 10.5. The van der Waals surface area contributed by atoms with Crippen LogP contribution in [0.4, 0.5) is 4.79 Å². The molecule has 0 aromatic heterocycles. The smallest absolute Gasteiger partial charge is 0.408 e. The van der Waals surface area contributed by atoms with Gasteiger partial charge in [0.15, 0.2) is 0 Å². The van der Waals surface area contributed by atoms with Crippen LogP contribution < -0.4 is 16.4 Å². The third-order valence-corrected chi connectivity index (χ3v) is 5.65. The SMILES string of the molecule is CC(C)(C)OC(=O)NC(CC(N)=O)C(=O)N(CCO)C(C(=O)NC1CCCCC1)c1ccccc1. The normalized spacial score (nSPS) is 16.0. The van der Waals surface area contributed by atoms with Gasteiger partial charge in [-0.1, -0.05) is 49.6 Å². The molecule has 0 spiro atoms. The van der Waals surface area contributed by atoms with Crippen LogP contribution in [0.3, 0.4) is 0 Å². The van der Waals surface area contributed by atoms with E-state index in [1.807, 2.05) is 0 Å². The summed E-state index contributed by atoms with van der Waals surface area (Å²) in [7, 11) is 0. The minimum Gasteiger partial charge on any atom is -0.444 e. The topological polar surface area (TPSA) is 151 Å². The minimum absolute atomic E-state index is 0.00477. The van der Waals surface area contributed by atoms with Crippen LogP contribution in [0.15, 0.2) is 30.3 Å². The molecule has 2 atom stereocenters. The zero-order chi connectivity index (χ0) is 26.0. The second-order valence-corrected chi connectivity index (χ2v) is 9.78. The van der Waals surface area contributed by atoms with E-state index in [0.29, 0.717) is 5.56 Å². The molecule has 1 aromatic rings. The maximum atomic E-state index is 13.6. The van der Waals surface area contributed by atoms with Gasteiger partial charge in [0.25, 0.3) is 0 Å². The molecular formula is C25H38N4O6. The molecule has 0 heterocycles. The Morgan fingerprint density at radius 1 is 1.11 bits per heavy atom. The predicted molar refractivity (Wildman–Crippen MR) is 130 cm³/mol. The Morgan fingerprint density at radius 3 is 2.29 bits per heavy atom. The van der Waals surface area contributed by atoms with Gasteiger partial charge < -0.3 is 31.1 Å². The molecule has 1 fully saturated rings. The average molecular weight is 491 g/mol. The number of benzene rings is 1. The zero-order valence-corrected chi connectivity index (χ0v) is 20.8. The highest BCUT2D eigenvalue weighted by atomic mass is 16.6. The van der Waals surface area contributed by atoms with Crippen LogP contribution >= 0.6 is 0 Å². The quantitative estimate of drug-likeness (QED) is 0.392. The summed E-state index contributed by atoms with van der Waals surface area (Å²) in [5, 5.41) is 15.2. The number of rotatable bonds is 10. The van der Waals surface area contributed by atoms with Gasteiger partial charge in [-0.2, -0.15) is 0 Å². The summed E-state index contributed by atoms with van der Waals surface area (Å²) >= 11 is 0. The molecule has 10 heteroatoms. The number of primary amides is 1. The molecule has 2 rings (SSSR count). The van der Waals surface area contributed by atoms with E-state index in [1.165, 1.54) is 4.90 Å². The van der Waals surface area contributed by atoms with Crippen LogP contribution in [-0.2, 0) is 19.1 Å². The summed E-state index contributed by atoms with van der Waals surface area (Å²) in [6.07, 6.45) is 3.46. The predicted octanol–water partition coefficient (Wildman–Crippen LogP) is 1.77. The van der Waals surface area contributed by atoms with Crippen molar-refractivity contribution in [3.8, 4) is 0 Å². The molecule has 1 saturated carbocycles. The number of carbonyl (C=O) groups excluding carboxylic acids is 4. The van der Waals surface area contributed by atoms with Crippen molar-refractivity contribution in [2.75, 3.05) is 13.2 Å². The third-order valence-electron chi connectivity index (χ3n) is 5.65. The first-order chi connectivity index (χ1) is 16.5. The first-order valence-corrected chi connectivity index (χ1v) is 12.1. The number of nitrogens with zero attached hydrogens (tertiary/aromatic N) is 1. The summed E-state index contributed by atoms with van der Waals surface area (Å²) in [5.74, 6) is -1.93. The number of ether oxygens (including phenoxy) is 1. The Morgan fingerprint density at radius 2 is 1.74 bits per heavy atom. The largest absolute Gasteiger partial charge is 0.444 e. The fraction of sp³-hybridized carbons (Fsp3) is 0.600. The lowest BCUT2D eigenvalue weighted by atomic mass is 9.94. The van der Waals surface area contributed by atoms with Crippen LogP contribution in [0.2, 0.25) is 0 Å². The zero-order valence-electron chi connectivity index (χ0n) is 20.8. The molecule has 0 saturated heterocycles. The molecule has 35 heavy (non-hydrogen) atoms. The maximum Gasteiger partial charge on any atom is 0.408 e. The van der Waals surface area contributed by atoms with Gasteiger partial charge >= 0.3 is 6.09 Å². The van der Waals surface area contributed by atoms with E-state index in [2.05, 4.69) is 10.6 Å². The van der Waals surface area contributed by atoms with Crippen LogP contribution in [0.1, 0.15) is 70.9 Å². The highest BCUT2D eigenvalue weighted by molar-refractivity contribution is 5.94. The molecule has 0 bridgehead atoms. The standard InChI is InChI=1S/C25H38N4O6/c1-25(2,3)35-24(34)28-19(16-20(26)31)23(33)29(14-15-30)21(17-10-6-4-7-11-17)22(32)27-18-12-8-5-9-13-18/h4,6-7,10-11,18-19,21,30H,5,8-9,12-16H2,1-3H3,(H2,26,31)(H,27,32)(H,28,34). The number of carbonyl (C=O) groups is 4. The van der Waals surface area contributed by atoms with Gasteiger partial charge in [0.1, 0.15) is 17.7 Å². The summed E-state index contributed by atoms with van der Waals surface area (Å²) in [5.41, 5.74) is 5.06. The molecule has 0 aliphatic heterocycles. The van der Waals surface area contributed by atoms with E-state index in [4.69, 9.17) is 10.5 Å². The molecule has 4 amide bonds. The molecule has 0 radical (unpaired) electrons. The number of amides is 4. The number of hydrogen-bond donors (Lipinski definition) is 4. The number of nitrogens with one attached hydrogen (secondary N) is 2. The molecule has 2 unspecified atom stereocenters. The van der Waals surface area contributed by atoms with Gasteiger partial charge in [0, 0.05) is 12.6 Å². The van der Waals surface area contributed by atoms with Gasteiger partial charge in [-0.05, 0) is 39.2 Å². The molecule has 5 N–H and O–H groups in total. The average Bonchev–Trinajstić information content (AvgIpc) is 2.77. The maximum absolute atomic E-state index is 13.6. The third kappa shape index (κ3) is 9.20. The lowest BCUT2D eigenvalue weighted by Crippen LogP contribution is -2.55. The number of nitrogens with two attached hydrogens (primary N) is 1. The Bertz CT molecular complexity index is 864. The first kappa shape index (κ1) is 28.1. The van der Waals surface area contributed by atoms with Crippen molar-refractivity contribution in [3.63, 3.8) is 0 Å². The lowest BCUT2D eigenvalue weighted by molar-refractivity contribution is -0.144. The van der Waals surface area contributed by atoms with Crippen molar-refractivity contribution < 1.29 is 29.0 Å². The highest BCUT2D eigenvalue weighted by Gasteiger charge is 2.37. The van der Waals surface area contributed by atoms with Crippen molar-refractivity contribution >= 4 is 23.8 Å². The van der Waals surface area contributed by atoms with E-state index in [9.17, 15) is 24.3 Å². The Hall–Kier alpha value is -3.14. The summed E-state index contributed by atoms with van der Waals surface area (Å²) in [4.78, 5) is 52.4. The number of hydrogen-bond acceptors (Lipinski definition) is 6. The van der Waals surface area contributed by atoms with E-state index < -0.39 is 48.6 Å². The molecule has 1 aliphatic rings. The van der Waals surface area contributed by atoms with E-state index in [1.54, 1.807) is 51.1 Å². The van der Waals surface area contributed by atoms with Crippen molar-refractivity contribution in [2.24, 2.45) is 5.73 Å². The number of aliphatic hydroxyl groups excluding tert-OH is 1. The molecule has 1 aliphatic carbocycles. The van der Waals surface area contributed by atoms with Crippen LogP contribution in [0.5, 0.6) is 0 Å². The summed E-state index contributed by atoms with van der Waals surface area (Å²) < 4.78 is 5.23. The Balaban J connectivity index is 2.37. The van der Waals surface area contributed by atoms with Gasteiger partial charge in [-0.25, -0.2) is 4.79 Å².